The third kappa shape index (κ3) is 4.07. The summed E-state index contributed by atoms with van der Waals surface area (Å²) in [6.07, 6.45) is 0.876. The third-order valence-electron chi connectivity index (χ3n) is 2.56. The van der Waals surface area contributed by atoms with Crippen LogP contribution < -0.4 is 5.73 Å². The van der Waals surface area contributed by atoms with Crippen LogP contribution in [-0.4, -0.2) is 28.9 Å². The van der Waals surface area contributed by atoms with E-state index in [2.05, 4.69) is 15.9 Å². The zero-order valence-corrected chi connectivity index (χ0v) is 13.0. The minimum absolute atomic E-state index is 0.0246. The van der Waals surface area contributed by atoms with Gasteiger partial charge < -0.3 is 10.6 Å². The molecule has 0 atom stereocenters. The molecule has 2 N–H and O–H groups in total. The highest BCUT2D eigenvalue weighted by molar-refractivity contribution is 9.10. The number of amides is 1. The summed E-state index contributed by atoms with van der Waals surface area (Å²) in [4.78, 5) is 14.5. The van der Waals surface area contributed by atoms with E-state index in [1.807, 2.05) is 32.0 Å². The van der Waals surface area contributed by atoms with Crippen molar-refractivity contribution in [2.75, 3.05) is 13.1 Å². The van der Waals surface area contributed by atoms with Crippen molar-refractivity contribution >= 4 is 39.0 Å². The largest absolute Gasteiger partial charge is 0.392 e. The Bertz CT molecular complexity index is 462. The second-order valence-electron chi connectivity index (χ2n) is 4.15. The maximum Gasteiger partial charge on any atom is 0.254 e. The Morgan fingerprint density at radius 1 is 1.50 bits per heavy atom. The lowest BCUT2D eigenvalue weighted by molar-refractivity contribution is 0.0779. The molecule has 1 rings (SSSR count). The van der Waals surface area contributed by atoms with Crippen LogP contribution in [0.1, 0.15) is 29.3 Å². The number of hydrogen-bond acceptors (Lipinski definition) is 2. The molecule has 98 valence electrons. The summed E-state index contributed by atoms with van der Waals surface area (Å²) in [7, 11) is 0. The first-order valence-electron chi connectivity index (χ1n) is 5.79. The van der Waals surface area contributed by atoms with E-state index in [-0.39, 0.29) is 5.91 Å². The number of aryl methyl sites for hydroxylation is 1. The van der Waals surface area contributed by atoms with Crippen molar-refractivity contribution in [1.82, 2.24) is 4.90 Å². The Morgan fingerprint density at radius 2 is 2.17 bits per heavy atom. The van der Waals surface area contributed by atoms with E-state index in [0.717, 1.165) is 16.5 Å². The first kappa shape index (κ1) is 15.1. The summed E-state index contributed by atoms with van der Waals surface area (Å²) in [6.45, 7) is 4.92. The molecule has 0 saturated carbocycles. The SMILES string of the molecule is CCCN(CC(N)=S)C(=O)c1cc(Br)ccc1C. The number of benzene rings is 1. The number of halogens is 1. The molecule has 0 aromatic heterocycles. The van der Waals surface area contributed by atoms with Gasteiger partial charge in [0.1, 0.15) is 0 Å². The minimum Gasteiger partial charge on any atom is -0.392 e. The van der Waals surface area contributed by atoms with Gasteiger partial charge in [0, 0.05) is 16.6 Å². The molecule has 0 bridgehead atoms. The Balaban J connectivity index is 3.01. The lowest BCUT2D eigenvalue weighted by atomic mass is 10.1. The van der Waals surface area contributed by atoms with Gasteiger partial charge >= 0.3 is 0 Å². The molecule has 0 aliphatic carbocycles. The van der Waals surface area contributed by atoms with Crippen molar-refractivity contribution in [2.24, 2.45) is 5.73 Å². The van der Waals surface area contributed by atoms with Crippen molar-refractivity contribution in [3.63, 3.8) is 0 Å². The van der Waals surface area contributed by atoms with Crippen molar-refractivity contribution in [1.29, 1.82) is 0 Å². The number of nitrogens with two attached hydrogens (primary N) is 1. The van der Waals surface area contributed by atoms with Gasteiger partial charge in [-0.3, -0.25) is 4.79 Å². The first-order chi connectivity index (χ1) is 8.45. The van der Waals surface area contributed by atoms with Crippen LogP contribution >= 0.6 is 28.1 Å². The van der Waals surface area contributed by atoms with Gasteiger partial charge in [0.15, 0.2) is 0 Å². The minimum atomic E-state index is -0.0246. The molecule has 1 aromatic rings. The molecule has 18 heavy (non-hydrogen) atoms. The molecule has 0 unspecified atom stereocenters. The van der Waals surface area contributed by atoms with Gasteiger partial charge in [-0.25, -0.2) is 0 Å². The summed E-state index contributed by atoms with van der Waals surface area (Å²) < 4.78 is 0.892. The second-order valence-corrected chi connectivity index (χ2v) is 5.59. The molecule has 0 spiro atoms. The zero-order valence-electron chi connectivity index (χ0n) is 10.6. The zero-order chi connectivity index (χ0) is 13.7. The van der Waals surface area contributed by atoms with Crippen molar-refractivity contribution in [2.45, 2.75) is 20.3 Å². The van der Waals surface area contributed by atoms with Crippen molar-refractivity contribution < 1.29 is 4.79 Å². The summed E-state index contributed by atoms with van der Waals surface area (Å²) in [5, 5.41) is 0. The van der Waals surface area contributed by atoms with Crippen LogP contribution in [0.4, 0.5) is 0 Å². The second kappa shape index (κ2) is 6.85. The van der Waals surface area contributed by atoms with Gasteiger partial charge in [0.2, 0.25) is 0 Å². The van der Waals surface area contributed by atoms with Crippen LogP contribution in [0.3, 0.4) is 0 Å². The van der Waals surface area contributed by atoms with Crippen LogP contribution in [0, 0.1) is 6.92 Å². The van der Waals surface area contributed by atoms with Gasteiger partial charge in [0.25, 0.3) is 5.91 Å². The molecule has 0 radical (unpaired) electrons. The molecule has 0 heterocycles. The van der Waals surface area contributed by atoms with Crippen LogP contribution in [0.5, 0.6) is 0 Å². The lowest BCUT2D eigenvalue weighted by Crippen LogP contribution is -2.38. The number of rotatable bonds is 5. The molecule has 0 fully saturated rings. The molecule has 1 amide bonds. The van der Waals surface area contributed by atoms with E-state index >= 15 is 0 Å². The number of hydrogen-bond donors (Lipinski definition) is 1. The highest BCUT2D eigenvalue weighted by Crippen LogP contribution is 2.18. The van der Waals surface area contributed by atoms with Gasteiger partial charge in [0.05, 0.1) is 11.5 Å². The Labute approximate surface area is 121 Å². The lowest BCUT2D eigenvalue weighted by Gasteiger charge is -2.22. The summed E-state index contributed by atoms with van der Waals surface area (Å²) in [6, 6.07) is 5.67. The average molecular weight is 329 g/mol. The highest BCUT2D eigenvalue weighted by atomic mass is 79.9. The fraction of sp³-hybridized carbons (Fsp3) is 0.385. The van der Waals surface area contributed by atoms with Crippen LogP contribution in [0.25, 0.3) is 0 Å². The monoisotopic (exact) mass is 328 g/mol. The van der Waals surface area contributed by atoms with Gasteiger partial charge in [-0.05, 0) is 31.0 Å². The van der Waals surface area contributed by atoms with E-state index in [0.29, 0.717) is 23.6 Å². The maximum atomic E-state index is 12.4. The fourth-order valence-electron chi connectivity index (χ4n) is 1.71. The number of carbonyl (C=O) groups is 1. The smallest absolute Gasteiger partial charge is 0.254 e. The summed E-state index contributed by atoms with van der Waals surface area (Å²) >= 11 is 8.27. The molecule has 5 heteroatoms. The Morgan fingerprint density at radius 3 is 2.72 bits per heavy atom. The Kier molecular flexibility index (Phi) is 5.75. The molecular formula is C13H17BrN2OS. The quantitative estimate of drug-likeness (QED) is 0.845. The molecule has 1 aromatic carbocycles. The Hall–Kier alpha value is -0.940. The van der Waals surface area contributed by atoms with E-state index < -0.39 is 0 Å². The van der Waals surface area contributed by atoms with Gasteiger partial charge in [-0.15, -0.1) is 0 Å². The van der Waals surface area contributed by atoms with Crippen LogP contribution in [0.15, 0.2) is 22.7 Å². The fourth-order valence-corrected chi connectivity index (χ4v) is 2.22. The standard InChI is InChI=1S/C13H17BrN2OS/c1-3-6-16(8-12(15)18)13(17)11-7-10(14)5-4-9(11)2/h4-5,7H,3,6,8H2,1-2H3,(H2,15,18). The summed E-state index contributed by atoms with van der Waals surface area (Å²) in [5.41, 5.74) is 7.18. The van der Waals surface area contributed by atoms with Crippen molar-refractivity contribution in [3.8, 4) is 0 Å². The van der Waals surface area contributed by atoms with E-state index in [4.69, 9.17) is 18.0 Å². The van der Waals surface area contributed by atoms with E-state index in [1.54, 1.807) is 4.90 Å². The first-order valence-corrected chi connectivity index (χ1v) is 6.99. The summed E-state index contributed by atoms with van der Waals surface area (Å²) in [5.74, 6) is -0.0246. The third-order valence-corrected chi connectivity index (χ3v) is 3.18. The predicted octanol–water partition coefficient (Wildman–Crippen LogP) is 2.90. The predicted molar refractivity (Wildman–Crippen MR) is 81.9 cm³/mol. The molecule has 0 aliphatic rings. The molecule has 3 nitrogen and oxygen atoms in total. The number of nitrogens with zero attached hydrogens (tertiary/aromatic N) is 1. The molecule has 0 saturated heterocycles. The van der Waals surface area contributed by atoms with E-state index in [9.17, 15) is 4.79 Å². The molecule has 0 aliphatic heterocycles. The van der Waals surface area contributed by atoms with Crippen LogP contribution in [-0.2, 0) is 0 Å². The maximum absolute atomic E-state index is 12.4. The molecular weight excluding hydrogens is 312 g/mol. The highest BCUT2D eigenvalue weighted by Gasteiger charge is 2.17. The van der Waals surface area contributed by atoms with Crippen molar-refractivity contribution in [3.05, 3.63) is 33.8 Å². The number of carbonyl (C=O) groups excluding carboxylic acids is 1. The number of thiocarbonyl (C=S) groups is 1. The van der Waals surface area contributed by atoms with E-state index in [1.165, 1.54) is 0 Å². The normalized spacial score (nSPS) is 10.2. The average Bonchev–Trinajstić information content (AvgIpc) is 2.30. The van der Waals surface area contributed by atoms with Crippen LogP contribution in [0.2, 0.25) is 0 Å². The van der Waals surface area contributed by atoms with Gasteiger partial charge in [-0.1, -0.05) is 41.1 Å². The topological polar surface area (TPSA) is 46.3 Å². The van der Waals surface area contributed by atoms with Gasteiger partial charge in [-0.2, -0.15) is 0 Å².